The van der Waals surface area contributed by atoms with Crippen LogP contribution >= 0.6 is 0 Å². The van der Waals surface area contributed by atoms with E-state index in [9.17, 15) is 26.7 Å². The molecule has 0 aromatic heterocycles. The van der Waals surface area contributed by atoms with Crippen molar-refractivity contribution in [1.29, 1.82) is 0 Å². The first-order valence-corrected chi connectivity index (χ1v) is 10.2. The molecule has 1 unspecified atom stereocenters. The monoisotopic (exact) mass is 457 g/mol. The van der Waals surface area contributed by atoms with Crippen molar-refractivity contribution < 1.29 is 36.2 Å². The van der Waals surface area contributed by atoms with Crippen LogP contribution in [0.5, 0.6) is 0 Å². The second-order valence-corrected chi connectivity index (χ2v) is 7.65. The molecule has 0 radical (unpaired) electrons. The standard InChI is InChI=1S/C23H24F5NO3/c1-31-22(30)16-4-8-19(9-5-16)29-13-17(12-20(29)14-32-11-10-21(24)25)15-2-6-18(7-3-15)23(26,27)28/h2-9,17,20-21H,10-14H2,1H3/t17?,20-/m0/s1. The Labute approximate surface area is 182 Å². The number of anilines is 1. The molecule has 1 aliphatic rings. The number of methoxy groups -OCH3 is 1. The van der Waals surface area contributed by atoms with Gasteiger partial charge in [-0.05, 0) is 48.4 Å². The number of rotatable bonds is 8. The Hall–Kier alpha value is -2.68. The van der Waals surface area contributed by atoms with Gasteiger partial charge in [-0.2, -0.15) is 13.2 Å². The van der Waals surface area contributed by atoms with Crippen LogP contribution in [0.4, 0.5) is 27.6 Å². The van der Waals surface area contributed by atoms with Crippen LogP contribution < -0.4 is 4.90 Å². The molecule has 0 aliphatic carbocycles. The van der Waals surface area contributed by atoms with Crippen LogP contribution in [0, 0.1) is 0 Å². The molecule has 0 amide bonds. The highest BCUT2D eigenvalue weighted by Crippen LogP contribution is 2.37. The summed E-state index contributed by atoms with van der Waals surface area (Å²) >= 11 is 0. The van der Waals surface area contributed by atoms with Crippen molar-refractivity contribution in [3.05, 3.63) is 65.2 Å². The minimum Gasteiger partial charge on any atom is -0.465 e. The first-order chi connectivity index (χ1) is 15.2. The van der Waals surface area contributed by atoms with Crippen LogP contribution in [-0.4, -0.2) is 45.3 Å². The van der Waals surface area contributed by atoms with Crippen molar-refractivity contribution in [3.63, 3.8) is 0 Å². The van der Waals surface area contributed by atoms with Crippen molar-refractivity contribution in [2.45, 2.75) is 37.4 Å². The molecule has 9 heteroatoms. The molecule has 0 saturated carbocycles. The van der Waals surface area contributed by atoms with Gasteiger partial charge in [-0.3, -0.25) is 0 Å². The number of nitrogens with zero attached hydrogens (tertiary/aromatic N) is 1. The Bertz CT molecular complexity index is 884. The third-order valence-electron chi connectivity index (χ3n) is 5.53. The number of hydrogen-bond donors (Lipinski definition) is 0. The van der Waals surface area contributed by atoms with Crippen LogP contribution in [-0.2, 0) is 15.7 Å². The lowest BCUT2D eigenvalue weighted by Gasteiger charge is -2.27. The maximum atomic E-state index is 12.9. The number of halogens is 5. The molecular weight excluding hydrogens is 433 g/mol. The molecule has 4 nitrogen and oxygen atoms in total. The largest absolute Gasteiger partial charge is 0.465 e. The summed E-state index contributed by atoms with van der Waals surface area (Å²) in [5, 5.41) is 0. The van der Waals surface area contributed by atoms with Gasteiger partial charge in [0, 0.05) is 24.6 Å². The smallest absolute Gasteiger partial charge is 0.416 e. The topological polar surface area (TPSA) is 38.8 Å². The number of carbonyl (C=O) groups excluding carboxylic acids is 1. The Morgan fingerprint density at radius 3 is 2.31 bits per heavy atom. The molecule has 1 aliphatic heterocycles. The molecule has 3 rings (SSSR count). The lowest BCUT2D eigenvalue weighted by atomic mass is 9.95. The fourth-order valence-corrected chi connectivity index (χ4v) is 3.88. The average Bonchev–Trinajstić information content (AvgIpc) is 3.20. The van der Waals surface area contributed by atoms with E-state index in [2.05, 4.69) is 0 Å². The summed E-state index contributed by atoms with van der Waals surface area (Å²) in [6, 6.07) is 11.7. The van der Waals surface area contributed by atoms with E-state index in [4.69, 9.17) is 9.47 Å². The van der Waals surface area contributed by atoms with Crippen molar-refractivity contribution in [3.8, 4) is 0 Å². The Balaban J connectivity index is 1.76. The fraction of sp³-hybridized carbons (Fsp3) is 0.435. The van der Waals surface area contributed by atoms with Gasteiger partial charge < -0.3 is 14.4 Å². The summed E-state index contributed by atoms with van der Waals surface area (Å²) in [6.07, 6.45) is -6.61. The lowest BCUT2D eigenvalue weighted by Crippen LogP contribution is -2.33. The lowest BCUT2D eigenvalue weighted by molar-refractivity contribution is -0.137. The number of benzene rings is 2. The third kappa shape index (κ3) is 5.97. The SMILES string of the molecule is COC(=O)c1ccc(N2CC(c3ccc(C(F)(F)F)cc3)C[C@H]2COCCC(F)F)cc1. The summed E-state index contributed by atoms with van der Waals surface area (Å²) in [5.74, 6) is -0.520. The first-order valence-electron chi connectivity index (χ1n) is 10.2. The minimum atomic E-state index is -4.40. The minimum absolute atomic E-state index is 0.0544. The van der Waals surface area contributed by atoms with Crippen LogP contribution in [0.25, 0.3) is 0 Å². The van der Waals surface area contributed by atoms with Crippen molar-refractivity contribution in [2.75, 3.05) is 31.8 Å². The van der Waals surface area contributed by atoms with Gasteiger partial charge in [0.05, 0.1) is 37.5 Å². The zero-order valence-electron chi connectivity index (χ0n) is 17.4. The summed E-state index contributed by atoms with van der Waals surface area (Å²) in [6.45, 7) is 0.655. The molecule has 2 atom stereocenters. The number of esters is 1. The number of ether oxygens (including phenoxy) is 2. The van der Waals surface area contributed by atoms with Crippen LogP contribution in [0.2, 0.25) is 0 Å². The zero-order valence-corrected chi connectivity index (χ0v) is 17.4. The van der Waals surface area contributed by atoms with Gasteiger partial charge in [0.1, 0.15) is 0 Å². The summed E-state index contributed by atoms with van der Waals surface area (Å²) in [5.41, 5.74) is 1.25. The summed E-state index contributed by atoms with van der Waals surface area (Å²) < 4.78 is 73.6. The predicted octanol–water partition coefficient (Wildman–Crippen LogP) is 5.53. The van der Waals surface area contributed by atoms with E-state index in [0.717, 1.165) is 23.4 Å². The van der Waals surface area contributed by atoms with E-state index >= 15 is 0 Å². The molecule has 0 N–H and O–H groups in total. The van der Waals surface area contributed by atoms with E-state index < -0.39 is 24.1 Å². The van der Waals surface area contributed by atoms with Gasteiger partial charge in [-0.15, -0.1) is 0 Å². The van der Waals surface area contributed by atoms with Crippen LogP contribution in [0.1, 0.15) is 40.2 Å². The van der Waals surface area contributed by atoms with Crippen molar-refractivity contribution in [2.24, 2.45) is 0 Å². The van der Waals surface area contributed by atoms with Crippen LogP contribution in [0.3, 0.4) is 0 Å². The maximum Gasteiger partial charge on any atom is 0.416 e. The molecule has 2 aromatic carbocycles. The van der Waals surface area contributed by atoms with E-state index in [1.54, 1.807) is 24.3 Å². The fourth-order valence-electron chi connectivity index (χ4n) is 3.88. The molecule has 2 aromatic rings. The zero-order chi connectivity index (χ0) is 23.3. The molecular formula is C23H24F5NO3. The van der Waals surface area contributed by atoms with Gasteiger partial charge in [0.2, 0.25) is 6.43 Å². The highest BCUT2D eigenvalue weighted by atomic mass is 19.4. The van der Waals surface area contributed by atoms with Crippen LogP contribution in [0.15, 0.2) is 48.5 Å². The molecule has 32 heavy (non-hydrogen) atoms. The number of hydrogen-bond acceptors (Lipinski definition) is 4. The van der Waals surface area contributed by atoms with Gasteiger partial charge in [-0.1, -0.05) is 12.1 Å². The van der Waals surface area contributed by atoms with E-state index in [1.165, 1.54) is 19.2 Å². The van der Waals surface area contributed by atoms with E-state index in [-0.39, 0.29) is 31.6 Å². The van der Waals surface area contributed by atoms with Crippen molar-refractivity contribution in [1.82, 2.24) is 0 Å². The molecule has 0 spiro atoms. The Kier molecular flexibility index (Phi) is 7.71. The number of carbonyl (C=O) groups is 1. The predicted molar refractivity (Wildman–Crippen MR) is 109 cm³/mol. The molecule has 174 valence electrons. The normalized spacial score (nSPS) is 18.9. The van der Waals surface area contributed by atoms with Gasteiger partial charge in [0.15, 0.2) is 0 Å². The first kappa shape index (κ1) is 24.0. The average molecular weight is 457 g/mol. The van der Waals surface area contributed by atoms with Gasteiger partial charge >= 0.3 is 12.1 Å². The van der Waals surface area contributed by atoms with E-state index in [0.29, 0.717) is 18.5 Å². The highest BCUT2D eigenvalue weighted by Gasteiger charge is 2.35. The van der Waals surface area contributed by atoms with Gasteiger partial charge in [0.25, 0.3) is 0 Å². The Morgan fingerprint density at radius 1 is 1.09 bits per heavy atom. The highest BCUT2D eigenvalue weighted by molar-refractivity contribution is 5.89. The number of alkyl halides is 5. The second kappa shape index (κ2) is 10.3. The summed E-state index contributed by atoms with van der Waals surface area (Å²) in [7, 11) is 1.29. The Morgan fingerprint density at radius 2 is 1.75 bits per heavy atom. The third-order valence-corrected chi connectivity index (χ3v) is 5.53. The maximum absolute atomic E-state index is 12.9. The van der Waals surface area contributed by atoms with Gasteiger partial charge in [-0.25, -0.2) is 13.6 Å². The molecule has 1 saturated heterocycles. The quantitative estimate of drug-likeness (QED) is 0.297. The molecule has 1 fully saturated rings. The van der Waals surface area contributed by atoms with E-state index in [1.807, 2.05) is 4.90 Å². The molecule has 1 heterocycles. The van der Waals surface area contributed by atoms with Crippen molar-refractivity contribution >= 4 is 11.7 Å². The second-order valence-electron chi connectivity index (χ2n) is 7.65. The molecule has 0 bridgehead atoms. The summed E-state index contributed by atoms with van der Waals surface area (Å²) in [4.78, 5) is 13.7.